The van der Waals surface area contributed by atoms with Crippen LogP contribution in [-0.4, -0.2) is 69.7 Å². The van der Waals surface area contributed by atoms with Crippen LogP contribution in [0.3, 0.4) is 0 Å². The molecule has 120 valence electrons. The molecule has 0 bridgehead atoms. The zero-order chi connectivity index (χ0) is 15.7. The SMILES string of the molecule is CCNC(=O)N1C[C@@H]2OCC(=O)N(Cc3nccn3C)[C@@H]2C1. The van der Waals surface area contributed by atoms with Crippen LogP contribution in [0.15, 0.2) is 12.4 Å². The van der Waals surface area contributed by atoms with Gasteiger partial charge >= 0.3 is 6.03 Å². The summed E-state index contributed by atoms with van der Waals surface area (Å²) in [4.78, 5) is 32.0. The maximum absolute atomic E-state index is 12.2. The molecule has 8 nitrogen and oxygen atoms in total. The standard InChI is InChI=1S/C14H21N5O3/c1-3-15-14(21)18-6-10-11(7-18)22-9-13(20)19(10)8-12-16-4-5-17(12)2/h4-5,10-11H,3,6-9H2,1-2H3,(H,15,21)/t10-,11+/m1/s1. The van der Waals surface area contributed by atoms with Crippen LogP contribution in [0.25, 0.3) is 0 Å². The fourth-order valence-electron chi connectivity index (χ4n) is 3.00. The number of nitrogens with zero attached hydrogens (tertiary/aromatic N) is 4. The number of aryl methyl sites for hydroxylation is 1. The maximum atomic E-state index is 12.2. The second-order valence-corrected chi connectivity index (χ2v) is 5.63. The molecule has 3 amide bonds. The third kappa shape index (κ3) is 2.66. The van der Waals surface area contributed by atoms with E-state index < -0.39 is 0 Å². The molecule has 0 spiro atoms. The molecule has 1 N–H and O–H groups in total. The molecule has 3 heterocycles. The van der Waals surface area contributed by atoms with Crippen molar-refractivity contribution in [2.45, 2.75) is 25.6 Å². The van der Waals surface area contributed by atoms with Gasteiger partial charge in [-0.15, -0.1) is 0 Å². The second kappa shape index (κ2) is 5.96. The number of rotatable bonds is 3. The van der Waals surface area contributed by atoms with Gasteiger partial charge in [-0.2, -0.15) is 0 Å². The average Bonchev–Trinajstić information content (AvgIpc) is 3.09. The molecule has 1 aromatic rings. The lowest BCUT2D eigenvalue weighted by Crippen LogP contribution is -2.53. The number of carbonyl (C=O) groups excluding carboxylic acids is 2. The van der Waals surface area contributed by atoms with Crippen molar-refractivity contribution in [3.63, 3.8) is 0 Å². The van der Waals surface area contributed by atoms with E-state index in [1.54, 1.807) is 16.0 Å². The molecule has 2 fully saturated rings. The normalized spacial score (nSPS) is 24.5. The molecule has 2 saturated heterocycles. The number of carbonyl (C=O) groups is 2. The number of hydrogen-bond donors (Lipinski definition) is 1. The predicted molar refractivity (Wildman–Crippen MR) is 77.9 cm³/mol. The third-order valence-corrected chi connectivity index (χ3v) is 4.23. The van der Waals surface area contributed by atoms with Crippen molar-refractivity contribution in [3.05, 3.63) is 18.2 Å². The molecule has 0 aromatic carbocycles. The number of ether oxygens (including phenoxy) is 1. The first-order chi connectivity index (χ1) is 10.6. The van der Waals surface area contributed by atoms with Gasteiger partial charge in [0, 0.05) is 32.5 Å². The number of aromatic nitrogens is 2. The summed E-state index contributed by atoms with van der Waals surface area (Å²) in [5.74, 6) is 0.771. The lowest BCUT2D eigenvalue weighted by molar-refractivity contribution is -0.154. The molecular formula is C14H21N5O3. The van der Waals surface area contributed by atoms with Gasteiger partial charge in [0.2, 0.25) is 5.91 Å². The van der Waals surface area contributed by atoms with Gasteiger partial charge in [0.15, 0.2) is 0 Å². The van der Waals surface area contributed by atoms with Crippen molar-refractivity contribution in [2.75, 3.05) is 26.2 Å². The highest BCUT2D eigenvalue weighted by Gasteiger charge is 2.44. The molecule has 0 radical (unpaired) electrons. The topological polar surface area (TPSA) is 79.7 Å². The molecule has 2 atom stereocenters. The van der Waals surface area contributed by atoms with Crippen LogP contribution in [0.4, 0.5) is 4.79 Å². The number of imidazole rings is 1. The van der Waals surface area contributed by atoms with Crippen LogP contribution in [0.2, 0.25) is 0 Å². The Kier molecular flexibility index (Phi) is 4.02. The first kappa shape index (κ1) is 14.8. The monoisotopic (exact) mass is 307 g/mol. The minimum absolute atomic E-state index is 0.0537. The van der Waals surface area contributed by atoms with E-state index >= 15 is 0 Å². The summed E-state index contributed by atoms with van der Waals surface area (Å²) in [6.45, 7) is 3.98. The van der Waals surface area contributed by atoms with Crippen LogP contribution in [-0.2, 0) is 23.1 Å². The van der Waals surface area contributed by atoms with Gasteiger partial charge in [-0.3, -0.25) is 4.79 Å². The van der Waals surface area contributed by atoms with Crippen LogP contribution < -0.4 is 5.32 Å². The lowest BCUT2D eigenvalue weighted by Gasteiger charge is -2.36. The van der Waals surface area contributed by atoms with Crippen LogP contribution >= 0.6 is 0 Å². The third-order valence-electron chi connectivity index (χ3n) is 4.23. The highest BCUT2D eigenvalue weighted by Crippen LogP contribution is 2.25. The summed E-state index contributed by atoms with van der Waals surface area (Å²) in [6.07, 6.45) is 3.45. The van der Waals surface area contributed by atoms with E-state index in [-0.39, 0.29) is 30.7 Å². The Hall–Kier alpha value is -2.09. The number of amides is 3. The van der Waals surface area contributed by atoms with Crippen molar-refractivity contribution in [3.8, 4) is 0 Å². The molecule has 0 saturated carbocycles. The Balaban J connectivity index is 1.74. The summed E-state index contributed by atoms with van der Waals surface area (Å²) >= 11 is 0. The molecule has 1 aromatic heterocycles. The summed E-state index contributed by atoms with van der Waals surface area (Å²) in [7, 11) is 1.90. The largest absolute Gasteiger partial charge is 0.364 e. The van der Waals surface area contributed by atoms with E-state index in [0.29, 0.717) is 26.2 Å². The summed E-state index contributed by atoms with van der Waals surface area (Å²) in [6, 6.07) is -0.217. The van der Waals surface area contributed by atoms with Crippen LogP contribution in [0.1, 0.15) is 12.7 Å². The van der Waals surface area contributed by atoms with E-state index in [9.17, 15) is 9.59 Å². The van der Waals surface area contributed by atoms with Crippen molar-refractivity contribution in [1.82, 2.24) is 24.7 Å². The molecule has 2 aliphatic heterocycles. The highest BCUT2D eigenvalue weighted by atomic mass is 16.5. The Bertz CT molecular complexity index is 573. The Labute approximate surface area is 129 Å². The summed E-state index contributed by atoms with van der Waals surface area (Å²) in [5, 5.41) is 2.79. The number of urea groups is 1. The van der Waals surface area contributed by atoms with Crippen molar-refractivity contribution >= 4 is 11.9 Å². The van der Waals surface area contributed by atoms with E-state index in [4.69, 9.17) is 4.74 Å². The van der Waals surface area contributed by atoms with Crippen molar-refractivity contribution in [1.29, 1.82) is 0 Å². The molecule has 0 aliphatic carbocycles. The van der Waals surface area contributed by atoms with E-state index in [1.807, 2.05) is 24.7 Å². The number of nitrogens with one attached hydrogen (secondary N) is 1. The molecule has 3 rings (SSSR count). The quantitative estimate of drug-likeness (QED) is 0.821. The van der Waals surface area contributed by atoms with Gasteiger partial charge in [0.25, 0.3) is 0 Å². The number of fused-ring (bicyclic) bond motifs is 1. The first-order valence-corrected chi connectivity index (χ1v) is 7.50. The number of morpholine rings is 1. The van der Waals surface area contributed by atoms with Gasteiger partial charge in [-0.25, -0.2) is 9.78 Å². The van der Waals surface area contributed by atoms with E-state index in [2.05, 4.69) is 10.3 Å². The van der Waals surface area contributed by atoms with Gasteiger partial charge in [-0.05, 0) is 6.92 Å². The van der Waals surface area contributed by atoms with E-state index in [0.717, 1.165) is 5.82 Å². The Morgan fingerprint density at radius 1 is 1.50 bits per heavy atom. The molecule has 2 aliphatic rings. The summed E-state index contributed by atoms with van der Waals surface area (Å²) < 4.78 is 7.51. The fourth-order valence-corrected chi connectivity index (χ4v) is 3.00. The van der Waals surface area contributed by atoms with Gasteiger partial charge in [0.1, 0.15) is 12.4 Å². The number of hydrogen-bond acceptors (Lipinski definition) is 4. The minimum atomic E-state index is -0.124. The zero-order valence-electron chi connectivity index (χ0n) is 12.9. The summed E-state index contributed by atoms with van der Waals surface area (Å²) in [5.41, 5.74) is 0. The Morgan fingerprint density at radius 3 is 3.00 bits per heavy atom. The smallest absolute Gasteiger partial charge is 0.317 e. The molecule has 0 unspecified atom stereocenters. The Morgan fingerprint density at radius 2 is 2.32 bits per heavy atom. The van der Waals surface area contributed by atoms with Crippen LogP contribution in [0, 0.1) is 0 Å². The molecule has 22 heavy (non-hydrogen) atoms. The zero-order valence-corrected chi connectivity index (χ0v) is 12.9. The van der Waals surface area contributed by atoms with E-state index in [1.165, 1.54) is 0 Å². The number of likely N-dealkylation sites (tertiary alicyclic amines) is 1. The lowest BCUT2D eigenvalue weighted by atomic mass is 10.1. The average molecular weight is 307 g/mol. The van der Waals surface area contributed by atoms with Gasteiger partial charge in [-0.1, -0.05) is 0 Å². The second-order valence-electron chi connectivity index (χ2n) is 5.63. The highest BCUT2D eigenvalue weighted by molar-refractivity contribution is 5.79. The van der Waals surface area contributed by atoms with Crippen molar-refractivity contribution < 1.29 is 14.3 Å². The molecular weight excluding hydrogens is 286 g/mol. The minimum Gasteiger partial charge on any atom is -0.364 e. The van der Waals surface area contributed by atoms with Gasteiger partial charge < -0.3 is 24.4 Å². The molecule has 8 heteroatoms. The maximum Gasteiger partial charge on any atom is 0.317 e. The van der Waals surface area contributed by atoms with Gasteiger partial charge in [0.05, 0.1) is 25.2 Å². The fraction of sp³-hybridized carbons (Fsp3) is 0.643. The van der Waals surface area contributed by atoms with Crippen molar-refractivity contribution in [2.24, 2.45) is 7.05 Å². The first-order valence-electron chi connectivity index (χ1n) is 7.50. The van der Waals surface area contributed by atoms with Crippen LogP contribution in [0.5, 0.6) is 0 Å². The predicted octanol–water partition coefficient (Wildman–Crippen LogP) is -0.439.